The van der Waals surface area contributed by atoms with Crippen molar-refractivity contribution >= 4 is 0 Å². The normalized spacial score (nSPS) is 12.7. The number of rotatable bonds is 4. The monoisotopic (exact) mass is 257 g/mol. The Morgan fingerprint density at radius 1 is 1.21 bits per heavy atom. The number of nitrogens with zero attached hydrogens (tertiary/aromatic N) is 1. The molecule has 2 N–H and O–H groups in total. The Morgan fingerprint density at radius 3 is 2.58 bits per heavy atom. The molecule has 0 aliphatic heterocycles. The standard InChI is InChI=1S/C16H23N3/c1-10-6-7-11(2)15(8-10)12(3)17-9-16-13(4)18-19-14(16)5/h6-8,12,17H,9H2,1-5H3,(H,18,19). The van der Waals surface area contributed by atoms with Crippen molar-refractivity contribution in [2.45, 2.75) is 47.2 Å². The predicted molar refractivity (Wildman–Crippen MR) is 79.2 cm³/mol. The first-order valence-electron chi connectivity index (χ1n) is 6.80. The lowest BCUT2D eigenvalue weighted by Gasteiger charge is -2.17. The lowest BCUT2D eigenvalue weighted by atomic mass is 10.00. The van der Waals surface area contributed by atoms with Crippen LogP contribution in [0.5, 0.6) is 0 Å². The minimum absolute atomic E-state index is 0.341. The van der Waals surface area contributed by atoms with E-state index in [0.29, 0.717) is 6.04 Å². The summed E-state index contributed by atoms with van der Waals surface area (Å²) < 4.78 is 0. The topological polar surface area (TPSA) is 40.7 Å². The first kappa shape index (κ1) is 13.8. The third-order valence-corrected chi connectivity index (χ3v) is 3.77. The van der Waals surface area contributed by atoms with Crippen molar-refractivity contribution in [3.05, 3.63) is 51.8 Å². The van der Waals surface area contributed by atoms with Gasteiger partial charge in [0, 0.05) is 23.8 Å². The molecule has 2 aromatic rings. The van der Waals surface area contributed by atoms with E-state index >= 15 is 0 Å². The van der Waals surface area contributed by atoms with Crippen LogP contribution in [0.4, 0.5) is 0 Å². The number of benzene rings is 1. The maximum Gasteiger partial charge on any atom is 0.0638 e. The van der Waals surface area contributed by atoms with E-state index in [9.17, 15) is 0 Å². The SMILES string of the molecule is Cc1ccc(C)c(C(C)NCc2c(C)n[nH]c2C)c1. The molecule has 19 heavy (non-hydrogen) atoms. The average Bonchev–Trinajstić information content (AvgIpc) is 2.69. The molecule has 3 heteroatoms. The smallest absolute Gasteiger partial charge is 0.0638 e. The Labute approximate surface area is 115 Å². The zero-order valence-electron chi connectivity index (χ0n) is 12.5. The molecule has 0 spiro atoms. The van der Waals surface area contributed by atoms with E-state index in [4.69, 9.17) is 0 Å². The zero-order valence-corrected chi connectivity index (χ0v) is 12.5. The van der Waals surface area contributed by atoms with Crippen LogP contribution in [0.25, 0.3) is 0 Å². The van der Waals surface area contributed by atoms with Gasteiger partial charge in [-0.1, -0.05) is 23.8 Å². The van der Waals surface area contributed by atoms with Crippen LogP contribution in [0.15, 0.2) is 18.2 Å². The quantitative estimate of drug-likeness (QED) is 0.880. The van der Waals surface area contributed by atoms with Crippen molar-refractivity contribution in [3.8, 4) is 0 Å². The van der Waals surface area contributed by atoms with Gasteiger partial charge in [-0.25, -0.2) is 0 Å². The van der Waals surface area contributed by atoms with Crippen molar-refractivity contribution in [2.24, 2.45) is 0 Å². The van der Waals surface area contributed by atoms with Gasteiger partial charge >= 0.3 is 0 Å². The van der Waals surface area contributed by atoms with Crippen molar-refractivity contribution < 1.29 is 0 Å². The first-order chi connectivity index (χ1) is 8.99. The summed E-state index contributed by atoms with van der Waals surface area (Å²) >= 11 is 0. The van der Waals surface area contributed by atoms with Gasteiger partial charge in [0.2, 0.25) is 0 Å². The average molecular weight is 257 g/mol. The van der Waals surface area contributed by atoms with Gasteiger partial charge in [-0.05, 0) is 45.7 Å². The lowest BCUT2D eigenvalue weighted by molar-refractivity contribution is 0.569. The molecule has 1 atom stereocenters. The molecule has 0 saturated heterocycles. The summed E-state index contributed by atoms with van der Waals surface area (Å²) in [5.41, 5.74) is 7.53. The zero-order chi connectivity index (χ0) is 14.0. The Kier molecular flexibility index (Phi) is 4.05. The molecule has 0 bridgehead atoms. The number of hydrogen-bond acceptors (Lipinski definition) is 2. The summed E-state index contributed by atoms with van der Waals surface area (Å²) in [7, 11) is 0. The van der Waals surface area contributed by atoms with Crippen LogP contribution in [0.1, 0.15) is 46.6 Å². The molecular formula is C16H23N3. The number of H-pyrrole nitrogens is 1. The molecule has 0 amide bonds. The molecule has 1 unspecified atom stereocenters. The van der Waals surface area contributed by atoms with Crippen LogP contribution in [0.3, 0.4) is 0 Å². The van der Waals surface area contributed by atoms with E-state index in [1.54, 1.807) is 0 Å². The maximum atomic E-state index is 4.23. The molecule has 3 nitrogen and oxygen atoms in total. The largest absolute Gasteiger partial charge is 0.306 e. The highest BCUT2D eigenvalue weighted by atomic mass is 15.1. The fourth-order valence-electron chi connectivity index (χ4n) is 2.43. The summed E-state index contributed by atoms with van der Waals surface area (Å²) in [6, 6.07) is 6.96. The Bertz CT molecular complexity index is 550. The van der Waals surface area contributed by atoms with E-state index in [1.807, 2.05) is 6.92 Å². The van der Waals surface area contributed by atoms with Crippen molar-refractivity contribution in [2.75, 3.05) is 0 Å². The molecule has 0 aliphatic rings. The summed E-state index contributed by atoms with van der Waals surface area (Å²) in [6.45, 7) is 11.5. The highest BCUT2D eigenvalue weighted by Crippen LogP contribution is 2.20. The molecule has 1 heterocycles. The Hall–Kier alpha value is -1.61. The highest BCUT2D eigenvalue weighted by molar-refractivity contribution is 5.33. The Morgan fingerprint density at radius 2 is 1.95 bits per heavy atom. The molecule has 1 aromatic heterocycles. The van der Waals surface area contributed by atoms with Gasteiger partial charge < -0.3 is 5.32 Å². The van der Waals surface area contributed by atoms with Gasteiger partial charge in [0.05, 0.1) is 5.69 Å². The van der Waals surface area contributed by atoms with Crippen LogP contribution in [-0.4, -0.2) is 10.2 Å². The molecule has 2 rings (SSSR count). The second kappa shape index (κ2) is 5.57. The van der Waals surface area contributed by atoms with E-state index in [1.165, 1.54) is 22.3 Å². The lowest BCUT2D eigenvalue weighted by Crippen LogP contribution is -2.19. The molecule has 0 fully saturated rings. The van der Waals surface area contributed by atoms with Crippen molar-refractivity contribution in [1.29, 1.82) is 0 Å². The predicted octanol–water partition coefficient (Wildman–Crippen LogP) is 3.49. The van der Waals surface area contributed by atoms with Crippen LogP contribution < -0.4 is 5.32 Å². The Balaban J connectivity index is 2.09. The van der Waals surface area contributed by atoms with Gasteiger partial charge in [0.25, 0.3) is 0 Å². The van der Waals surface area contributed by atoms with E-state index in [-0.39, 0.29) is 0 Å². The molecule has 102 valence electrons. The molecule has 0 saturated carbocycles. The summed E-state index contributed by atoms with van der Waals surface area (Å²) in [5, 5.41) is 10.9. The summed E-state index contributed by atoms with van der Waals surface area (Å²) in [6.07, 6.45) is 0. The molecule has 0 aliphatic carbocycles. The van der Waals surface area contributed by atoms with Crippen molar-refractivity contribution in [1.82, 2.24) is 15.5 Å². The van der Waals surface area contributed by atoms with Gasteiger partial charge in [0.1, 0.15) is 0 Å². The van der Waals surface area contributed by atoms with E-state index in [0.717, 1.165) is 17.9 Å². The number of aryl methyl sites for hydroxylation is 4. The van der Waals surface area contributed by atoms with Crippen LogP contribution >= 0.6 is 0 Å². The fraction of sp³-hybridized carbons (Fsp3) is 0.438. The van der Waals surface area contributed by atoms with Crippen molar-refractivity contribution in [3.63, 3.8) is 0 Å². The van der Waals surface area contributed by atoms with Crippen LogP contribution in [0.2, 0.25) is 0 Å². The number of aromatic amines is 1. The number of nitrogens with one attached hydrogen (secondary N) is 2. The van der Waals surface area contributed by atoms with E-state index in [2.05, 4.69) is 61.4 Å². The van der Waals surface area contributed by atoms with Gasteiger partial charge in [-0.15, -0.1) is 0 Å². The number of aromatic nitrogens is 2. The van der Waals surface area contributed by atoms with Crippen LogP contribution in [-0.2, 0) is 6.54 Å². The minimum Gasteiger partial charge on any atom is -0.306 e. The van der Waals surface area contributed by atoms with Gasteiger partial charge in [-0.2, -0.15) is 5.10 Å². The summed E-state index contributed by atoms with van der Waals surface area (Å²) in [5.74, 6) is 0. The van der Waals surface area contributed by atoms with Crippen LogP contribution in [0, 0.1) is 27.7 Å². The first-order valence-corrected chi connectivity index (χ1v) is 6.80. The van der Waals surface area contributed by atoms with Gasteiger partial charge in [-0.3, -0.25) is 5.10 Å². The summed E-state index contributed by atoms with van der Waals surface area (Å²) in [4.78, 5) is 0. The maximum absolute atomic E-state index is 4.23. The van der Waals surface area contributed by atoms with E-state index < -0.39 is 0 Å². The van der Waals surface area contributed by atoms with Gasteiger partial charge in [0.15, 0.2) is 0 Å². The second-order valence-corrected chi connectivity index (χ2v) is 5.38. The second-order valence-electron chi connectivity index (χ2n) is 5.38. The number of hydrogen-bond donors (Lipinski definition) is 2. The third-order valence-electron chi connectivity index (χ3n) is 3.77. The molecule has 0 radical (unpaired) electrons. The fourth-order valence-corrected chi connectivity index (χ4v) is 2.43. The third kappa shape index (κ3) is 3.04. The highest BCUT2D eigenvalue weighted by Gasteiger charge is 2.11. The minimum atomic E-state index is 0.341. The molecule has 1 aromatic carbocycles. The molecular weight excluding hydrogens is 234 g/mol.